The van der Waals surface area contributed by atoms with Gasteiger partial charge in [-0.15, -0.1) is 0 Å². The molecule has 6 atom stereocenters. The lowest BCUT2D eigenvalue weighted by molar-refractivity contribution is 0.0936. The maximum atomic E-state index is 6.43. The molecule has 96 heavy (non-hydrogen) atoms. The van der Waals surface area contributed by atoms with Crippen LogP contribution in [0.3, 0.4) is 0 Å². The average molecular weight is 1370 g/mol. The van der Waals surface area contributed by atoms with E-state index in [9.17, 15) is 0 Å². The molecule has 4 aliphatic rings. The summed E-state index contributed by atoms with van der Waals surface area (Å²) < 4.78 is 36.0. The highest BCUT2D eigenvalue weighted by Gasteiger charge is 2.40. The summed E-state index contributed by atoms with van der Waals surface area (Å²) in [5.74, 6) is 6.48. The minimum Gasteiger partial charge on any atom is -0.491 e. The highest BCUT2D eigenvalue weighted by molar-refractivity contribution is 6.77. The molecular weight excluding hydrogens is 1260 g/mol. The molecule has 4 saturated carbocycles. The lowest BCUT2D eigenvalue weighted by Crippen LogP contribution is -2.34. The Hall–Kier alpha value is -6.17. The number of pyridine rings is 2. The van der Waals surface area contributed by atoms with E-state index in [2.05, 4.69) is 143 Å². The lowest BCUT2D eigenvalue weighted by atomic mass is 9.78. The van der Waals surface area contributed by atoms with Crippen LogP contribution in [0.25, 0.3) is 62.1 Å². The van der Waals surface area contributed by atoms with Gasteiger partial charge in [-0.05, 0) is 98.5 Å². The van der Waals surface area contributed by atoms with Crippen LogP contribution in [0, 0.1) is 23.7 Å². The van der Waals surface area contributed by atoms with Crippen molar-refractivity contribution in [3.8, 4) is 50.5 Å². The van der Waals surface area contributed by atoms with Crippen LogP contribution in [0.5, 0.6) is 5.75 Å². The van der Waals surface area contributed by atoms with Crippen LogP contribution in [0.2, 0.25) is 103 Å². The molecule has 4 fully saturated rings. The molecule has 0 radical (unpaired) electrons. The smallest absolute Gasteiger partial charge is 0.183 e. The molecule has 0 spiro atoms. The second-order valence-corrected chi connectivity index (χ2v) is 55.4. The first-order valence-corrected chi connectivity index (χ1v) is 50.6. The first-order valence-electron chi connectivity index (χ1n) is 35.8. The van der Waals surface area contributed by atoms with Crippen LogP contribution in [0.15, 0.2) is 116 Å². The van der Waals surface area contributed by atoms with Gasteiger partial charge in [-0.2, -0.15) is 19.2 Å². The van der Waals surface area contributed by atoms with Gasteiger partial charge in [0.05, 0.1) is 42.3 Å². The monoisotopic (exact) mass is 1370 g/mol. The maximum Gasteiger partial charge on any atom is 0.183 e. The van der Waals surface area contributed by atoms with Crippen molar-refractivity contribution in [2.24, 2.45) is 23.7 Å². The summed E-state index contributed by atoms with van der Waals surface area (Å²) in [7, 11) is -3.20. The van der Waals surface area contributed by atoms with Gasteiger partial charge >= 0.3 is 0 Å². The van der Waals surface area contributed by atoms with E-state index >= 15 is 0 Å². The summed E-state index contributed by atoms with van der Waals surface area (Å²) in [4.78, 5) is 25.0. The van der Waals surface area contributed by atoms with Crippen molar-refractivity contribution in [2.75, 3.05) is 70.3 Å². The van der Waals surface area contributed by atoms with Gasteiger partial charge in [-0.3, -0.25) is 9.97 Å². The molecule has 2 unspecified atom stereocenters. The lowest BCUT2D eigenvalue weighted by Gasteiger charge is -2.32. The second kappa shape index (κ2) is 31.4. The van der Waals surface area contributed by atoms with Crippen LogP contribution in [-0.2, 0) is 18.9 Å². The Balaban J connectivity index is 0.000000195. The highest BCUT2D eigenvalue weighted by Crippen LogP contribution is 2.52. The molecule has 6 heterocycles. The molecule has 0 amide bonds. The van der Waals surface area contributed by atoms with Gasteiger partial charge in [0.2, 0.25) is 0 Å². The summed E-state index contributed by atoms with van der Waals surface area (Å²) in [5.41, 5.74) is 13.0. The number of methoxy groups -OCH3 is 1. The van der Waals surface area contributed by atoms with E-state index in [1.807, 2.05) is 76.3 Å². The van der Waals surface area contributed by atoms with E-state index in [0.717, 1.165) is 178 Å². The van der Waals surface area contributed by atoms with Gasteiger partial charge in [0.25, 0.3) is 0 Å². The average Bonchev–Trinajstić information content (AvgIpc) is 1.50. The predicted octanol–water partition coefficient (Wildman–Crippen LogP) is 19.0. The van der Waals surface area contributed by atoms with Gasteiger partial charge in [-0.25, -0.2) is 9.97 Å². The summed E-state index contributed by atoms with van der Waals surface area (Å²) >= 11 is 0. The molecule has 0 saturated heterocycles. The minimum atomic E-state index is -1.25. The fraction of sp³-hybridized carbons (Fsp3) is 0.532. The summed E-state index contributed by atoms with van der Waals surface area (Å²) in [6.45, 7) is 37.6. The number of ether oxygens (including phenoxy) is 5. The van der Waals surface area contributed by atoms with Crippen molar-refractivity contribution in [1.29, 1.82) is 0 Å². The molecule has 8 aromatic rings. The number of fused-ring (bicyclic) bond motifs is 6. The van der Waals surface area contributed by atoms with Crippen molar-refractivity contribution >= 4 is 61.3 Å². The molecule has 0 N–H and O–H groups in total. The Morgan fingerprint density at radius 3 is 1.17 bits per heavy atom. The Kier molecular flexibility index (Phi) is 23.2. The zero-order valence-electron chi connectivity index (χ0n) is 60.2. The summed E-state index contributed by atoms with van der Waals surface area (Å²) in [6, 6.07) is 33.5. The molecule has 2 aromatic carbocycles. The molecule has 6 aromatic heterocycles. The van der Waals surface area contributed by atoms with Crippen molar-refractivity contribution < 1.29 is 23.7 Å². The van der Waals surface area contributed by atoms with Gasteiger partial charge in [-0.1, -0.05) is 190 Å². The Labute approximate surface area is 577 Å². The van der Waals surface area contributed by atoms with Crippen LogP contribution in [0.4, 0.5) is 11.6 Å². The van der Waals surface area contributed by atoms with Gasteiger partial charge in [0.1, 0.15) is 32.7 Å². The largest absolute Gasteiger partial charge is 0.491 e. The standard InChI is InChI=1S/C39H55N5O2Si2.C38H55N5O3Si2/c1-8-34-37(33-23-29-14-15-30(22-29)24-33)42-38-35(32-16-17-36(40-25-32)31-12-10-9-11-13-31)26-41-44(38)39(34)43(27-45-18-20-47(2,3)4)28-46-19-21-48(5,6)7;1-44-36-35(32-22-28-13-14-29(21-28)23-32)41-37-33(31-15-16-34(39-24-31)30-11-9-8-10-12-30)25-40-43(37)38(36)42(26-45-17-19-47(2,3)4)27-46-18-20-48(5,6)7/h8-13,16-17,25-26,29-30,33H,1,14-15,18-24,27-28H2,2-7H3;8-12,15-16,24-25,28-29,32H,13-14,17-23,26-27H2,1-7H3/t29-,30+,33?;28-,29+,32?. The van der Waals surface area contributed by atoms with Gasteiger partial charge in [0, 0.05) is 122 Å². The first-order chi connectivity index (χ1) is 46.0. The van der Waals surface area contributed by atoms with Crippen LogP contribution >= 0.6 is 0 Å². The van der Waals surface area contributed by atoms with E-state index in [-0.39, 0.29) is 0 Å². The second-order valence-electron chi connectivity index (χ2n) is 32.9. The zero-order chi connectivity index (χ0) is 67.8. The van der Waals surface area contributed by atoms with Crippen molar-refractivity contribution in [3.63, 3.8) is 0 Å². The summed E-state index contributed by atoms with van der Waals surface area (Å²) in [5, 5.41) is 9.98. The molecule has 514 valence electrons. The van der Waals surface area contributed by atoms with E-state index in [4.69, 9.17) is 53.8 Å². The molecule has 0 aliphatic heterocycles. The predicted molar refractivity (Wildman–Crippen MR) is 406 cm³/mol. The normalized spacial score (nSPS) is 19.6. The third-order valence-electron chi connectivity index (χ3n) is 20.1. The first kappa shape index (κ1) is 71.1. The Morgan fingerprint density at radius 2 is 0.812 bits per heavy atom. The van der Waals surface area contributed by atoms with Gasteiger partial charge < -0.3 is 33.5 Å². The van der Waals surface area contributed by atoms with Crippen molar-refractivity contribution in [1.82, 2.24) is 39.2 Å². The van der Waals surface area contributed by atoms with Crippen LogP contribution < -0.4 is 14.5 Å². The number of aromatic nitrogens is 8. The number of hydrogen-bond donors (Lipinski definition) is 0. The SMILES string of the molecule is C=Cc1c(C2C[C@H]3CC[C@@H](C2)C3)nc2c(-c3ccc(-c4ccccc4)nc3)cnn2c1N(COCC[Si](C)(C)C)COCC[Si](C)(C)C.COc1c(C2C[C@H]3CC[C@@H](C2)C3)nc2c(-c3ccc(-c4ccccc4)nc3)cnn2c1N(COCC[Si](C)(C)C)COCC[Si](C)(C)C. The van der Waals surface area contributed by atoms with E-state index in [1.165, 1.54) is 51.4 Å². The molecule has 4 aliphatic carbocycles. The van der Waals surface area contributed by atoms with E-state index < -0.39 is 32.3 Å². The maximum absolute atomic E-state index is 6.43. The Morgan fingerprint density at radius 1 is 0.448 bits per heavy atom. The quantitative estimate of drug-likeness (QED) is 0.0240. The van der Waals surface area contributed by atoms with Crippen molar-refractivity contribution in [3.05, 3.63) is 133 Å². The highest BCUT2D eigenvalue weighted by atomic mass is 28.3. The minimum absolute atomic E-state index is 0.346. The molecular formula is C77H110N10O5Si4. The van der Waals surface area contributed by atoms with Crippen molar-refractivity contribution in [2.45, 2.75) is 179 Å². The Bertz CT molecular complexity index is 3760. The molecule has 12 rings (SSSR count). The number of rotatable bonds is 30. The third-order valence-corrected chi connectivity index (χ3v) is 26.9. The molecule has 4 bridgehead atoms. The van der Waals surface area contributed by atoms with Gasteiger partial charge in [0.15, 0.2) is 22.9 Å². The fourth-order valence-corrected chi connectivity index (χ4v) is 17.6. The van der Waals surface area contributed by atoms with Crippen LogP contribution in [0.1, 0.15) is 93.0 Å². The number of hydrogen-bond acceptors (Lipinski definition) is 13. The number of benzene rings is 2. The summed E-state index contributed by atoms with van der Waals surface area (Å²) in [6.07, 6.45) is 22.6. The topological polar surface area (TPSA) is 139 Å². The molecule has 15 nitrogen and oxygen atoms in total. The van der Waals surface area contributed by atoms with E-state index in [0.29, 0.717) is 38.8 Å². The third kappa shape index (κ3) is 18.4. The number of nitrogens with zero attached hydrogens (tertiary/aromatic N) is 10. The van der Waals surface area contributed by atoms with Crippen LogP contribution in [-0.4, -0.2) is 132 Å². The fourth-order valence-electron chi connectivity index (χ4n) is 14.6. The molecule has 19 heteroatoms. The van der Waals surface area contributed by atoms with E-state index in [1.54, 1.807) is 7.11 Å². The zero-order valence-corrected chi connectivity index (χ0v) is 64.2. The number of anilines is 2.